The van der Waals surface area contributed by atoms with E-state index in [4.69, 9.17) is 4.98 Å². The van der Waals surface area contributed by atoms with Gasteiger partial charge in [-0.3, -0.25) is 0 Å². The van der Waals surface area contributed by atoms with Crippen molar-refractivity contribution >= 4 is 0 Å². The Hall–Kier alpha value is -0.830. The molecule has 3 heteroatoms. The molecule has 0 fully saturated rings. The Bertz CT molecular complexity index is 390. The number of fused-ring (bicyclic) bond motifs is 1. The lowest BCUT2D eigenvalue weighted by atomic mass is 9.97. The molecule has 0 aliphatic carbocycles. The Labute approximate surface area is 105 Å². The number of hydrogen-bond acceptors (Lipinski definition) is 2. The van der Waals surface area contributed by atoms with Crippen LogP contribution in [0.1, 0.15) is 57.7 Å². The molecule has 0 unspecified atom stereocenters. The molecule has 1 aliphatic rings. The SMILES string of the molecule is CCCC(C)(C)n1c(CC)nc2c1CCNC2. The molecule has 3 nitrogen and oxygen atoms in total. The average Bonchev–Trinajstić information content (AvgIpc) is 2.67. The van der Waals surface area contributed by atoms with Crippen LogP contribution in [0.2, 0.25) is 0 Å². The molecule has 0 atom stereocenters. The number of nitrogens with zero attached hydrogens (tertiary/aromatic N) is 2. The Morgan fingerprint density at radius 3 is 2.76 bits per heavy atom. The van der Waals surface area contributed by atoms with Crippen LogP contribution in [0.25, 0.3) is 0 Å². The molecule has 0 spiro atoms. The first-order chi connectivity index (χ1) is 8.10. The van der Waals surface area contributed by atoms with Crippen LogP contribution in [0.5, 0.6) is 0 Å². The summed E-state index contributed by atoms with van der Waals surface area (Å²) < 4.78 is 2.52. The first-order valence-electron chi connectivity index (χ1n) is 6.90. The molecule has 1 aromatic heterocycles. The van der Waals surface area contributed by atoms with E-state index < -0.39 is 0 Å². The van der Waals surface area contributed by atoms with Gasteiger partial charge < -0.3 is 9.88 Å². The first kappa shape index (κ1) is 12.6. The van der Waals surface area contributed by atoms with Crippen LogP contribution in [-0.2, 0) is 24.9 Å². The molecule has 0 saturated carbocycles. The van der Waals surface area contributed by atoms with Gasteiger partial charge in [-0.05, 0) is 20.3 Å². The van der Waals surface area contributed by atoms with Crippen LogP contribution in [0.4, 0.5) is 0 Å². The van der Waals surface area contributed by atoms with Crippen molar-refractivity contribution in [2.75, 3.05) is 6.54 Å². The van der Waals surface area contributed by atoms with Crippen LogP contribution in [0, 0.1) is 0 Å². The predicted octanol–water partition coefficient (Wildman–Crippen LogP) is 2.63. The maximum absolute atomic E-state index is 4.82. The molecule has 17 heavy (non-hydrogen) atoms. The molecule has 2 heterocycles. The molecular weight excluding hydrogens is 210 g/mol. The van der Waals surface area contributed by atoms with Crippen LogP contribution in [-0.4, -0.2) is 16.1 Å². The van der Waals surface area contributed by atoms with Gasteiger partial charge in [0.05, 0.1) is 5.69 Å². The molecule has 2 rings (SSSR count). The number of aryl methyl sites for hydroxylation is 1. The number of rotatable bonds is 4. The molecule has 1 aromatic rings. The number of imidazole rings is 1. The van der Waals surface area contributed by atoms with E-state index in [1.165, 1.54) is 30.1 Å². The number of nitrogens with one attached hydrogen (secondary N) is 1. The predicted molar refractivity (Wildman–Crippen MR) is 71.2 cm³/mol. The second kappa shape index (κ2) is 4.81. The van der Waals surface area contributed by atoms with Crippen molar-refractivity contribution < 1.29 is 0 Å². The van der Waals surface area contributed by atoms with Crippen LogP contribution >= 0.6 is 0 Å². The van der Waals surface area contributed by atoms with Crippen LogP contribution in [0.3, 0.4) is 0 Å². The van der Waals surface area contributed by atoms with Crippen molar-refractivity contribution in [2.24, 2.45) is 0 Å². The fraction of sp³-hybridized carbons (Fsp3) is 0.786. The quantitative estimate of drug-likeness (QED) is 0.869. The molecule has 96 valence electrons. The summed E-state index contributed by atoms with van der Waals surface area (Å²) in [5.41, 5.74) is 2.95. The van der Waals surface area contributed by atoms with Crippen LogP contribution < -0.4 is 5.32 Å². The fourth-order valence-electron chi connectivity index (χ4n) is 3.04. The van der Waals surface area contributed by atoms with E-state index in [0.717, 1.165) is 25.9 Å². The molecule has 0 amide bonds. The highest BCUT2D eigenvalue weighted by Gasteiger charge is 2.28. The molecule has 1 N–H and O–H groups in total. The zero-order valence-corrected chi connectivity index (χ0v) is 11.6. The lowest BCUT2D eigenvalue weighted by Gasteiger charge is -2.31. The van der Waals surface area contributed by atoms with E-state index in [1.54, 1.807) is 0 Å². The molecular formula is C14H25N3. The van der Waals surface area contributed by atoms with Gasteiger partial charge in [0, 0.05) is 37.2 Å². The van der Waals surface area contributed by atoms with Gasteiger partial charge in [0.2, 0.25) is 0 Å². The maximum Gasteiger partial charge on any atom is 0.109 e. The lowest BCUT2D eigenvalue weighted by molar-refractivity contribution is 0.304. The van der Waals surface area contributed by atoms with E-state index in [-0.39, 0.29) is 5.54 Å². The van der Waals surface area contributed by atoms with E-state index in [2.05, 4.69) is 37.6 Å². The zero-order valence-electron chi connectivity index (χ0n) is 11.6. The Balaban J connectivity index is 2.46. The van der Waals surface area contributed by atoms with E-state index in [9.17, 15) is 0 Å². The van der Waals surface area contributed by atoms with Gasteiger partial charge in [0.1, 0.15) is 5.82 Å². The Kier molecular flexibility index (Phi) is 3.57. The third-order valence-corrected chi connectivity index (χ3v) is 3.74. The average molecular weight is 235 g/mol. The first-order valence-corrected chi connectivity index (χ1v) is 6.90. The molecule has 0 aromatic carbocycles. The maximum atomic E-state index is 4.82. The Morgan fingerprint density at radius 2 is 2.12 bits per heavy atom. The van der Waals surface area contributed by atoms with Crippen molar-refractivity contribution in [1.82, 2.24) is 14.9 Å². The monoisotopic (exact) mass is 235 g/mol. The fourth-order valence-corrected chi connectivity index (χ4v) is 3.04. The van der Waals surface area contributed by atoms with E-state index in [1.807, 2.05) is 0 Å². The summed E-state index contributed by atoms with van der Waals surface area (Å²) in [6.07, 6.45) is 4.59. The van der Waals surface area contributed by atoms with Gasteiger partial charge >= 0.3 is 0 Å². The van der Waals surface area contributed by atoms with Gasteiger partial charge in [0.15, 0.2) is 0 Å². The number of aromatic nitrogens is 2. The summed E-state index contributed by atoms with van der Waals surface area (Å²) in [6, 6.07) is 0. The van der Waals surface area contributed by atoms with Crippen molar-refractivity contribution in [3.63, 3.8) is 0 Å². The van der Waals surface area contributed by atoms with Gasteiger partial charge in [-0.25, -0.2) is 4.98 Å². The molecule has 1 aliphatic heterocycles. The summed E-state index contributed by atoms with van der Waals surface area (Å²) in [5.74, 6) is 1.26. The van der Waals surface area contributed by atoms with Crippen LogP contribution in [0.15, 0.2) is 0 Å². The molecule has 0 radical (unpaired) electrons. The third-order valence-electron chi connectivity index (χ3n) is 3.74. The summed E-state index contributed by atoms with van der Waals surface area (Å²) in [5, 5.41) is 3.41. The Morgan fingerprint density at radius 1 is 1.35 bits per heavy atom. The van der Waals surface area contributed by atoms with Gasteiger partial charge in [-0.2, -0.15) is 0 Å². The highest BCUT2D eigenvalue weighted by molar-refractivity contribution is 5.22. The summed E-state index contributed by atoms with van der Waals surface area (Å²) in [7, 11) is 0. The van der Waals surface area contributed by atoms with Gasteiger partial charge in [0.25, 0.3) is 0 Å². The second-order valence-corrected chi connectivity index (χ2v) is 5.60. The van der Waals surface area contributed by atoms with Crippen molar-refractivity contribution in [2.45, 2.75) is 65.5 Å². The third kappa shape index (κ3) is 2.25. The minimum Gasteiger partial charge on any atom is -0.326 e. The minimum absolute atomic E-state index is 0.206. The highest BCUT2D eigenvalue weighted by Crippen LogP contribution is 2.29. The normalized spacial score (nSPS) is 16.0. The number of hydrogen-bond donors (Lipinski definition) is 1. The topological polar surface area (TPSA) is 29.9 Å². The van der Waals surface area contributed by atoms with E-state index >= 15 is 0 Å². The van der Waals surface area contributed by atoms with Gasteiger partial charge in [-0.1, -0.05) is 20.3 Å². The molecule has 0 saturated heterocycles. The van der Waals surface area contributed by atoms with Crippen molar-refractivity contribution in [3.8, 4) is 0 Å². The zero-order chi connectivity index (χ0) is 12.5. The largest absolute Gasteiger partial charge is 0.326 e. The summed E-state index contributed by atoms with van der Waals surface area (Å²) in [4.78, 5) is 4.82. The van der Waals surface area contributed by atoms with E-state index in [0.29, 0.717) is 0 Å². The van der Waals surface area contributed by atoms with Gasteiger partial charge in [-0.15, -0.1) is 0 Å². The standard InChI is InChI=1S/C14H25N3/c1-5-8-14(3,4)17-12-7-9-15-10-11(12)16-13(17)6-2/h15H,5-10H2,1-4H3. The lowest BCUT2D eigenvalue weighted by Crippen LogP contribution is -2.32. The summed E-state index contributed by atoms with van der Waals surface area (Å²) in [6.45, 7) is 11.2. The highest BCUT2D eigenvalue weighted by atomic mass is 15.2. The van der Waals surface area contributed by atoms with Crippen molar-refractivity contribution in [3.05, 3.63) is 17.2 Å². The molecule has 0 bridgehead atoms. The van der Waals surface area contributed by atoms with Crippen molar-refractivity contribution in [1.29, 1.82) is 0 Å². The smallest absolute Gasteiger partial charge is 0.109 e. The summed E-state index contributed by atoms with van der Waals surface area (Å²) >= 11 is 0. The second-order valence-electron chi connectivity index (χ2n) is 5.60. The minimum atomic E-state index is 0.206.